The molecule has 1 aliphatic heterocycles. The molecule has 0 aromatic carbocycles. The van der Waals surface area contributed by atoms with Gasteiger partial charge in [0.25, 0.3) is 0 Å². The molecule has 0 radical (unpaired) electrons. The van der Waals surface area contributed by atoms with Gasteiger partial charge in [0.05, 0.1) is 18.8 Å². The molecule has 0 amide bonds. The zero-order chi connectivity index (χ0) is 11.1. The van der Waals surface area contributed by atoms with Crippen molar-refractivity contribution in [1.82, 2.24) is 4.90 Å². The minimum Gasteiger partial charge on any atom is -0.383 e. The van der Waals surface area contributed by atoms with Crippen molar-refractivity contribution in [2.75, 3.05) is 46.6 Å². The van der Waals surface area contributed by atoms with Crippen molar-refractivity contribution >= 4 is 0 Å². The van der Waals surface area contributed by atoms with Crippen LogP contribution in [0.15, 0.2) is 0 Å². The van der Waals surface area contributed by atoms with E-state index in [-0.39, 0.29) is 5.54 Å². The molecule has 4 heteroatoms. The number of ether oxygens (including phenoxy) is 2. The Morgan fingerprint density at radius 3 is 2.80 bits per heavy atom. The van der Waals surface area contributed by atoms with Crippen molar-refractivity contribution in [2.24, 2.45) is 5.73 Å². The molecule has 0 saturated carbocycles. The predicted molar refractivity (Wildman–Crippen MR) is 61.0 cm³/mol. The summed E-state index contributed by atoms with van der Waals surface area (Å²) in [5, 5.41) is 0. The van der Waals surface area contributed by atoms with Crippen molar-refractivity contribution in [3.8, 4) is 0 Å². The Labute approximate surface area is 92.7 Å². The SMILES string of the molecule is CCC(CN)(COC)N1CCCOCC1. The quantitative estimate of drug-likeness (QED) is 0.725. The lowest BCUT2D eigenvalue weighted by Gasteiger charge is -2.41. The second-order valence-corrected chi connectivity index (χ2v) is 4.17. The second-order valence-electron chi connectivity index (χ2n) is 4.17. The molecular weight excluding hydrogens is 192 g/mol. The van der Waals surface area contributed by atoms with Crippen molar-refractivity contribution in [1.29, 1.82) is 0 Å². The molecular formula is C11H24N2O2. The molecule has 4 nitrogen and oxygen atoms in total. The molecule has 0 aromatic rings. The number of rotatable bonds is 5. The summed E-state index contributed by atoms with van der Waals surface area (Å²) in [5.74, 6) is 0. The Morgan fingerprint density at radius 1 is 1.40 bits per heavy atom. The Hall–Kier alpha value is -0.160. The highest BCUT2D eigenvalue weighted by Crippen LogP contribution is 2.20. The minimum atomic E-state index is 0.00243. The maximum absolute atomic E-state index is 5.92. The van der Waals surface area contributed by atoms with E-state index >= 15 is 0 Å². The predicted octanol–water partition coefficient (Wildman–Crippen LogP) is 0.463. The fraction of sp³-hybridized carbons (Fsp3) is 1.00. The van der Waals surface area contributed by atoms with Crippen molar-refractivity contribution in [3.63, 3.8) is 0 Å². The van der Waals surface area contributed by atoms with Gasteiger partial charge < -0.3 is 15.2 Å². The summed E-state index contributed by atoms with van der Waals surface area (Å²) in [5.41, 5.74) is 5.93. The van der Waals surface area contributed by atoms with Crippen LogP contribution in [0.1, 0.15) is 19.8 Å². The molecule has 0 aromatic heterocycles. The molecule has 1 heterocycles. The van der Waals surface area contributed by atoms with E-state index in [0.29, 0.717) is 13.2 Å². The largest absolute Gasteiger partial charge is 0.383 e. The van der Waals surface area contributed by atoms with Gasteiger partial charge in [-0.1, -0.05) is 6.92 Å². The van der Waals surface area contributed by atoms with E-state index in [1.165, 1.54) is 0 Å². The van der Waals surface area contributed by atoms with E-state index in [2.05, 4.69) is 11.8 Å². The van der Waals surface area contributed by atoms with Crippen LogP contribution >= 0.6 is 0 Å². The van der Waals surface area contributed by atoms with E-state index in [4.69, 9.17) is 15.2 Å². The maximum atomic E-state index is 5.92. The molecule has 15 heavy (non-hydrogen) atoms. The molecule has 1 rings (SSSR count). The summed E-state index contributed by atoms with van der Waals surface area (Å²) in [7, 11) is 1.74. The minimum absolute atomic E-state index is 0.00243. The van der Waals surface area contributed by atoms with Crippen LogP contribution in [-0.2, 0) is 9.47 Å². The van der Waals surface area contributed by atoms with Crippen LogP contribution in [0.25, 0.3) is 0 Å². The molecule has 1 aliphatic rings. The maximum Gasteiger partial charge on any atom is 0.0658 e. The second kappa shape index (κ2) is 6.43. The van der Waals surface area contributed by atoms with Crippen molar-refractivity contribution in [2.45, 2.75) is 25.3 Å². The lowest BCUT2D eigenvalue weighted by Crippen LogP contribution is -2.57. The number of nitrogens with two attached hydrogens (primary N) is 1. The summed E-state index contributed by atoms with van der Waals surface area (Å²) < 4.78 is 10.8. The molecule has 1 fully saturated rings. The average Bonchev–Trinajstić information content (AvgIpc) is 2.55. The van der Waals surface area contributed by atoms with E-state index in [1.807, 2.05) is 0 Å². The van der Waals surface area contributed by atoms with E-state index in [9.17, 15) is 0 Å². The molecule has 1 unspecified atom stereocenters. The summed E-state index contributed by atoms with van der Waals surface area (Å²) in [6.45, 7) is 7.25. The third-order valence-electron chi connectivity index (χ3n) is 3.34. The molecule has 2 N–H and O–H groups in total. The average molecular weight is 216 g/mol. The smallest absolute Gasteiger partial charge is 0.0658 e. The van der Waals surface area contributed by atoms with Gasteiger partial charge in [0.1, 0.15) is 0 Å². The number of hydrogen-bond donors (Lipinski definition) is 1. The first kappa shape index (κ1) is 12.9. The first-order valence-electron chi connectivity index (χ1n) is 5.81. The standard InChI is InChI=1S/C11H24N2O2/c1-3-11(9-12,10-14-2)13-5-4-7-15-8-6-13/h3-10,12H2,1-2H3. The fourth-order valence-corrected chi connectivity index (χ4v) is 2.24. The highest BCUT2D eigenvalue weighted by Gasteiger charge is 2.34. The van der Waals surface area contributed by atoms with Crippen LogP contribution in [0.4, 0.5) is 0 Å². The van der Waals surface area contributed by atoms with Crippen LogP contribution in [-0.4, -0.2) is 57.0 Å². The topological polar surface area (TPSA) is 47.7 Å². The fourth-order valence-electron chi connectivity index (χ4n) is 2.24. The number of nitrogens with zero attached hydrogens (tertiary/aromatic N) is 1. The third-order valence-corrected chi connectivity index (χ3v) is 3.34. The Balaban J connectivity index is 2.66. The van der Waals surface area contributed by atoms with Crippen LogP contribution in [0.5, 0.6) is 0 Å². The van der Waals surface area contributed by atoms with Gasteiger partial charge in [-0.3, -0.25) is 4.90 Å². The zero-order valence-corrected chi connectivity index (χ0v) is 10.00. The van der Waals surface area contributed by atoms with Crippen LogP contribution in [0.3, 0.4) is 0 Å². The van der Waals surface area contributed by atoms with Gasteiger partial charge in [-0.2, -0.15) is 0 Å². The summed E-state index contributed by atoms with van der Waals surface area (Å²) >= 11 is 0. The van der Waals surface area contributed by atoms with E-state index in [0.717, 1.165) is 39.1 Å². The van der Waals surface area contributed by atoms with Crippen LogP contribution < -0.4 is 5.73 Å². The first-order chi connectivity index (χ1) is 7.29. The van der Waals surface area contributed by atoms with Gasteiger partial charge in [0, 0.05) is 33.4 Å². The first-order valence-corrected chi connectivity index (χ1v) is 5.81. The highest BCUT2D eigenvalue weighted by molar-refractivity contribution is 4.91. The third kappa shape index (κ3) is 3.14. The van der Waals surface area contributed by atoms with Gasteiger partial charge in [-0.25, -0.2) is 0 Å². The number of hydrogen-bond acceptors (Lipinski definition) is 4. The van der Waals surface area contributed by atoms with Crippen molar-refractivity contribution < 1.29 is 9.47 Å². The Kier molecular flexibility index (Phi) is 5.53. The Morgan fingerprint density at radius 2 is 2.20 bits per heavy atom. The number of methoxy groups -OCH3 is 1. The van der Waals surface area contributed by atoms with Crippen LogP contribution in [0.2, 0.25) is 0 Å². The molecule has 1 atom stereocenters. The molecule has 0 bridgehead atoms. The monoisotopic (exact) mass is 216 g/mol. The van der Waals surface area contributed by atoms with Gasteiger partial charge in [0.15, 0.2) is 0 Å². The van der Waals surface area contributed by atoms with Gasteiger partial charge >= 0.3 is 0 Å². The zero-order valence-electron chi connectivity index (χ0n) is 10.00. The van der Waals surface area contributed by atoms with Gasteiger partial charge in [0.2, 0.25) is 0 Å². The highest BCUT2D eigenvalue weighted by atomic mass is 16.5. The lowest BCUT2D eigenvalue weighted by molar-refractivity contribution is 0.0103. The normalized spacial score (nSPS) is 23.4. The molecule has 0 spiro atoms. The van der Waals surface area contributed by atoms with Gasteiger partial charge in [-0.05, 0) is 12.8 Å². The summed E-state index contributed by atoms with van der Waals surface area (Å²) in [6, 6.07) is 0. The Bertz CT molecular complexity index is 164. The van der Waals surface area contributed by atoms with Gasteiger partial charge in [-0.15, -0.1) is 0 Å². The van der Waals surface area contributed by atoms with Crippen molar-refractivity contribution in [3.05, 3.63) is 0 Å². The lowest BCUT2D eigenvalue weighted by atomic mass is 9.94. The molecule has 0 aliphatic carbocycles. The van der Waals surface area contributed by atoms with E-state index < -0.39 is 0 Å². The van der Waals surface area contributed by atoms with E-state index in [1.54, 1.807) is 7.11 Å². The summed E-state index contributed by atoms with van der Waals surface area (Å²) in [4.78, 5) is 2.43. The molecule has 1 saturated heterocycles. The molecule has 90 valence electrons. The van der Waals surface area contributed by atoms with Crippen LogP contribution in [0, 0.1) is 0 Å². The summed E-state index contributed by atoms with van der Waals surface area (Å²) in [6.07, 6.45) is 2.11.